The Balaban J connectivity index is 1.47. The summed E-state index contributed by atoms with van der Waals surface area (Å²) in [5.41, 5.74) is 0.688. The Hall–Kier alpha value is -2.87. The third-order valence-electron chi connectivity index (χ3n) is 4.04. The van der Waals surface area contributed by atoms with Crippen LogP contribution in [0.4, 0.5) is 0 Å². The molecule has 0 saturated heterocycles. The van der Waals surface area contributed by atoms with E-state index in [1.165, 1.54) is 22.2 Å². The van der Waals surface area contributed by atoms with Crippen molar-refractivity contribution in [2.75, 3.05) is 6.79 Å². The predicted octanol–water partition coefficient (Wildman–Crippen LogP) is 2.06. The maximum absolute atomic E-state index is 12.3. The fourth-order valence-electron chi connectivity index (χ4n) is 2.71. The molecule has 8 heteroatoms. The van der Waals surface area contributed by atoms with Gasteiger partial charge < -0.3 is 14.8 Å². The van der Waals surface area contributed by atoms with Gasteiger partial charge >= 0.3 is 0 Å². The molecule has 2 aromatic heterocycles. The molecule has 1 aliphatic rings. The van der Waals surface area contributed by atoms with Gasteiger partial charge in [0.25, 0.3) is 5.56 Å². The molecule has 3 aromatic rings. The van der Waals surface area contributed by atoms with Gasteiger partial charge in [0, 0.05) is 0 Å². The van der Waals surface area contributed by atoms with Crippen molar-refractivity contribution >= 4 is 27.5 Å². The van der Waals surface area contributed by atoms with Gasteiger partial charge in [-0.2, -0.15) is 0 Å². The highest BCUT2D eigenvalue weighted by Gasteiger charge is 2.17. The topological polar surface area (TPSA) is 82.5 Å². The van der Waals surface area contributed by atoms with Gasteiger partial charge in [-0.3, -0.25) is 14.2 Å². The number of thiophene rings is 1. The van der Waals surface area contributed by atoms with E-state index in [1.807, 2.05) is 30.5 Å². The number of ether oxygens (including phenoxy) is 2. The van der Waals surface area contributed by atoms with Gasteiger partial charge in [0.15, 0.2) is 11.5 Å². The molecule has 1 aromatic carbocycles. The number of nitrogens with zero attached hydrogens (tertiary/aromatic N) is 2. The molecule has 0 bridgehead atoms. The summed E-state index contributed by atoms with van der Waals surface area (Å²) in [5.74, 6) is 1.11. The number of hydrogen-bond acceptors (Lipinski definition) is 6. The molecule has 1 N–H and O–H groups in total. The number of carbonyl (C=O) groups is 1. The zero-order valence-corrected chi connectivity index (χ0v) is 14.2. The molecule has 0 spiro atoms. The van der Waals surface area contributed by atoms with Crippen molar-refractivity contribution in [3.8, 4) is 11.5 Å². The van der Waals surface area contributed by atoms with Gasteiger partial charge in [0.1, 0.15) is 11.4 Å². The Labute approximate surface area is 146 Å². The van der Waals surface area contributed by atoms with Crippen molar-refractivity contribution in [3.05, 3.63) is 51.9 Å². The van der Waals surface area contributed by atoms with Gasteiger partial charge in [-0.15, -0.1) is 11.3 Å². The van der Waals surface area contributed by atoms with Gasteiger partial charge in [0.05, 0.1) is 17.8 Å². The van der Waals surface area contributed by atoms with E-state index >= 15 is 0 Å². The molecule has 3 heterocycles. The van der Waals surface area contributed by atoms with E-state index in [1.54, 1.807) is 6.07 Å². The van der Waals surface area contributed by atoms with Crippen molar-refractivity contribution in [2.45, 2.75) is 19.5 Å². The van der Waals surface area contributed by atoms with Crippen LogP contribution in [0.1, 0.15) is 18.5 Å². The summed E-state index contributed by atoms with van der Waals surface area (Å²) >= 11 is 1.40. The lowest BCUT2D eigenvalue weighted by Crippen LogP contribution is -2.33. The van der Waals surface area contributed by atoms with E-state index in [4.69, 9.17) is 9.47 Å². The molecule has 0 aliphatic carbocycles. The van der Waals surface area contributed by atoms with Crippen LogP contribution in [0.15, 0.2) is 40.8 Å². The third kappa shape index (κ3) is 2.96. The van der Waals surface area contributed by atoms with E-state index < -0.39 is 0 Å². The largest absolute Gasteiger partial charge is 0.454 e. The maximum Gasteiger partial charge on any atom is 0.262 e. The highest BCUT2D eigenvalue weighted by Crippen LogP contribution is 2.34. The summed E-state index contributed by atoms with van der Waals surface area (Å²) in [7, 11) is 0. The number of rotatable bonds is 4. The maximum atomic E-state index is 12.3. The van der Waals surface area contributed by atoms with Gasteiger partial charge in [-0.25, -0.2) is 4.98 Å². The first-order valence-electron chi connectivity index (χ1n) is 7.73. The summed E-state index contributed by atoms with van der Waals surface area (Å²) in [6.45, 7) is 2.01. The van der Waals surface area contributed by atoms with Crippen LogP contribution in [0.3, 0.4) is 0 Å². The van der Waals surface area contributed by atoms with Crippen LogP contribution >= 0.6 is 11.3 Å². The number of aromatic nitrogens is 2. The van der Waals surface area contributed by atoms with Crippen molar-refractivity contribution in [1.82, 2.24) is 14.9 Å². The van der Waals surface area contributed by atoms with Crippen LogP contribution in [0.2, 0.25) is 0 Å². The lowest BCUT2D eigenvalue weighted by atomic mass is 10.1. The molecule has 0 fully saturated rings. The van der Waals surface area contributed by atoms with Gasteiger partial charge in [-0.1, -0.05) is 6.07 Å². The zero-order chi connectivity index (χ0) is 17.4. The Morgan fingerprint density at radius 3 is 3.08 bits per heavy atom. The zero-order valence-electron chi connectivity index (χ0n) is 13.4. The molecule has 128 valence electrons. The minimum absolute atomic E-state index is 0.0769. The minimum atomic E-state index is -0.261. The number of hydrogen-bond donors (Lipinski definition) is 1. The van der Waals surface area contributed by atoms with E-state index in [0.29, 0.717) is 21.7 Å². The summed E-state index contributed by atoms with van der Waals surface area (Å²) in [6.07, 6.45) is 1.41. The summed E-state index contributed by atoms with van der Waals surface area (Å²) in [6, 6.07) is 7.04. The second kappa shape index (κ2) is 6.21. The highest BCUT2D eigenvalue weighted by molar-refractivity contribution is 7.16. The molecule has 7 nitrogen and oxygen atoms in total. The predicted molar refractivity (Wildman–Crippen MR) is 93.0 cm³/mol. The monoisotopic (exact) mass is 357 g/mol. The Bertz CT molecular complexity index is 1010. The molecule has 1 aliphatic heterocycles. The second-order valence-electron chi connectivity index (χ2n) is 5.72. The normalized spacial score (nSPS) is 13.8. The van der Waals surface area contributed by atoms with Crippen molar-refractivity contribution < 1.29 is 14.3 Å². The molecule has 4 rings (SSSR count). The Morgan fingerprint density at radius 1 is 1.36 bits per heavy atom. The van der Waals surface area contributed by atoms with E-state index in [-0.39, 0.29) is 30.8 Å². The van der Waals surface area contributed by atoms with Crippen LogP contribution in [-0.4, -0.2) is 22.3 Å². The first kappa shape index (κ1) is 15.6. The van der Waals surface area contributed by atoms with Gasteiger partial charge in [0.2, 0.25) is 12.7 Å². The quantitative estimate of drug-likeness (QED) is 0.773. The van der Waals surface area contributed by atoms with E-state index in [0.717, 1.165) is 5.56 Å². The van der Waals surface area contributed by atoms with E-state index in [2.05, 4.69) is 10.3 Å². The average Bonchev–Trinajstić information content (AvgIpc) is 3.25. The average molecular weight is 357 g/mol. The molecule has 0 radical (unpaired) electrons. The Morgan fingerprint density at radius 2 is 2.20 bits per heavy atom. The number of carbonyl (C=O) groups excluding carboxylic acids is 1. The van der Waals surface area contributed by atoms with E-state index in [9.17, 15) is 9.59 Å². The third-order valence-corrected chi connectivity index (χ3v) is 4.86. The lowest BCUT2D eigenvalue weighted by molar-refractivity contribution is -0.122. The number of fused-ring (bicyclic) bond motifs is 2. The summed E-state index contributed by atoms with van der Waals surface area (Å²) in [5, 5.41) is 5.23. The molecule has 0 saturated carbocycles. The van der Waals surface area contributed by atoms with Gasteiger partial charge in [-0.05, 0) is 36.1 Å². The second-order valence-corrected chi connectivity index (χ2v) is 6.61. The van der Waals surface area contributed by atoms with Crippen LogP contribution in [0.5, 0.6) is 11.5 Å². The molecular formula is C17H15N3O4S. The Kier molecular flexibility index (Phi) is 3.89. The van der Waals surface area contributed by atoms with Crippen LogP contribution < -0.4 is 20.3 Å². The molecule has 0 unspecified atom stereocenters. The van der Waals surface area contributed by atoms with Crippen molar-refractivity contribution in [2.24, 2.45) is 0 Å². The number of benzene rings is 1. The molecule has 1 atom stereocenters. The van der Waals surface area contributed by atoms with Crippen LogP contribution in [-0.2, 0) is 11.3 Å². The number of amides is 1. The number of nitrogens with one attached hydrogen (secondary N) is 1. The SMILES string of the molecule is C[C@H](NC(=O)Cn1cnc2sccc2c1=O)c1ccc2c(c1)OCO2. The van der Waals surface area contributed by atoms with Crippen molar-refractivity contribution in [3.63, 3.8) is 0 Å². The lowest BCUT2D eigenvalue weighted by Gasteiger charge is -2.15. The smallest absolute Gasteiger partial charge is 0.262 e. The fourth-order valence-corrected chi connectivity index (χ4v) is 3.44. The summed E-state index contributed by atoms with van der Waals surface area (Å²) in [4.78, 5) is 29.5. The standard InChI is InChI=1S/C17H15N3O4S/c1-10(11-2-3-13-14(6-11)24-9-23-13)19-15(21)7-20-8-18-16-12(17(20)22)4-5-25-16/h2-6,8,10H,7,9H2,1H3,(H,19,21)/t10-/m0/s1. The minimum Gasteiger partial charge on any atom is -0.454 e. The molecular weight excluding hydrogens is 342 g/mol. The first-order valence-corrected chi connectivity index (χ1v) is 8.61. The fraction of sp³-hybridized carbons (Fsp3) is 0.235. The first-order chi connectivity index (χ1) is 12.1. The molecule has 25 heavy (non-hydrogen) atoms. The van der Waals surface area contributed by atoms with Crippen LogP contribution in [0, 0.1) is 0 Å². The van der Waals surface area contributed by atoms with Crippen LogP contribution in [0.25, 0.3) is 10.2 Å². The highest BCUT2D eigenvalue weighted by atomic mass is 32.1. The van der Waals surface area contributed by atoms with Crippen molar-refractivity contribution in [1.29, 1.82) is 0 Å². The summed E-state index contributed by atoms with van der Waals surface area (Å²) < 4.78 is 11.9. The molecule has 1 amide bonds.